The van der Waals surface area contributed by atoms with Crippen LogP contribution in [0, 0.1) is 5.92 Å². The Kier molecular flexibility index (Phi) is 4.57. The summed E-state index contributed by atoms with van der Waals surface area (Å²) in [5.74, 6) is 0.823. The van der Waals surface area contributed by atoms with E-state index in [0.717, 1.165) is 25.3 Å². The number of rotatable bonds is 7. The number of aliphatic hydroxyl groups excluding tert-OH is 1. The van der Waals surface area contributed by atoms with Crippen molar-refractivity contribution in [1.29, 1.82) is 0 Å². The molecule has 0 aromatic heterocycles. The van der Waals surface area contributed by atoms with Crippen molar-refractivity contribution in [1.82, 2.24) is 5.32 Å². The maximum Gasteiger partial charge on any atom is 0.0512 e. The predicted molar refractivity (Wildman–Crippen MR) is 70.8 cm³/mol. The van der Waals surface area contributed by atoms with Crippen LogP contribution in [0.25, 0.3) is 0 Å². The zero-order valence-corrected chi connectivity index (χ0v) is 10.6. The molecule has 1 saturated carbocycles. The van der Waals surface area contributed by atoms with Gasteiger partial charge in [0.15, 0.2) is 0 Å². The Balaban J connectivity index is 1.82. The molecule has 0 saturated heterocycles. The van der Waals surface area contributed by atoms with E-state index >= 15 is 0 Å². The average molecular weight is 233 g/mol. The first-order valence-electron chi connectivity index (χ1n) is 6.74. The first kappa shape index (κ1) is 12.6. The van der Waals surface area contributed by atoms with Gasteiger partial charge in [-0.15, -0.1) is 0 Å². The summed E-state index contributed by atoms with van der Waals surface area (Å²) in [5.41, 5.74) is 1.41. The topological polar surface area (TPSA) is 32.3 Å². The molecule has 2 heteroatoms. The summed E-state index contributed by atoms with van der Waals surface area (Å²) in [5, 5.41) is 12.9. The van der Waals surface area contributed by atoms with Gasteiger partial charge in [0, 0.05) is 6.04 Å². The lowest BCUT2D eigenvalue weighted by molar-refractivity contribution is 0.180. The zero-order chi connectivity index (χ0) is 12.1. The summed E-state index contributed by atoms with van der Waals surface area (Å²) in [6.07, 6.45) is 4.46. The largest absolute Gasteiger partial charge is 0.393 e. The van der Waals surface area contributed by atoms with Crippen LogP contribution >= 0.6 is 0 Å². The number of hydrogen-bond acceptors (Lipinski definition) is 2. The van der Waals surface area contributed by atoms with Gasteiger partial charge in [0.25, 0.3) is 0 Å². The summed E-state index contributed by atoms with van der Waals surface area (Å²) in [6, 6.07) is 11.2. The molecule has 0 aliphatic heterocycles. The SMILES string of the molecule is CC(O)CCCNC(c1ccccc1)C1CC1. The van der Waals surface area contributed by atoms with Crippen LogP contribution in [0.1, 0.15) is 44.2 Å². The van der Waals surface area contributed by atoms with E-state index in [2.05, 4.69) is 35.6 Å². The first-order chi connectivity index (χ1) is 8.27. The van der Waals surface area contributed by atoms with Crippen molar-refractivity contribution < 1.29 is 5.11 Å². The molecule has 2 atom stereocenters. The predicted octanol–water partition coefficient (Wildman–Crippen LogP) is 2.89. The van der Waals surface area contributed by atoms with E-state index in [1.165, 1.54) is 18.4 Å². The van der Waals surface area contributed by atoms with Crippen LogP contribution in [0.2, 0.25) is 0 Å². The summed E-state index contributed by atoms with van der Waals surface area (Å²) in [6.45, 7) is 2.86. The molecule has 17 heavy (non-hydrogen) atoms. The van der Waals surface area contributed by atoms with Crippen LogP contribution in [-0.2, 0) is 0 Å². The van der Waals surface area contributed by atoms with Gasteiger partial charge in [0.1, 0.15) is 0 Å². The number of hydrogen-bond donors (Lipinski definition) is 2. The van der Waals surface area contributed by atoms with E-state index < -0.39 is 0 Å². The molecule has 1 aromatic rings. The average Bonchev–Trinajstić information content (AvgIpc) is 3.14. The molecular formula is C15H23NO. The Hall–Kier alpha value is -0.860. The first-order valence-corrected chi connectivity index (χ1v) is 6.74. The van der Waals surface area contributed by atoms with E-state index in [9.17, 15) is 5.11 Å². The zero-order valence-electron chi connectivity index (χ0n) is 10.6. The molecular weight excluding hydrogens is 210 g/mol. The molecule has 0 bridgehead atoms. The minimum Gasteiger partial charge on any atom is -0.393 e. The lowest BCUT2D eigenvalue weighted by Gasteiger charge is -2.19. The van der Waals surface area contributed by atoms with Crippen LogP contribution < -0.4 is 5.32 Å². The van der Waals surface area contributed by atoms with Crippen LogP contribution in [0.3, 0.4) is 0 Å². The van der Waals surface area contributed by atoms with Gasteiger partial charge in [-0.05, 0) is 50.6 Å². The molecule has 1 fully saturated rings. The Morgan fingerprint density at radius 1 is 1.29 bits per heavy atom. The third-order valence-electron chi connectivity index (χ3n) is 3.42. The van der Waals surface area contributed by atoms with Crippen molar-refractivity contribution >= 4 is 0 Å². The van der Waals surface area contributed by atoms with Crippen molar-refractivity contribution in [2.45, 2.75) is 44.8 Å². The maximum atomic E-state index is 9.23. The van der Waals surface area contributed by atoms with E-state index in [1.54, 1.807) is 0 Å². The molecule has 0 amide bonds. The lowest BCUT2D eigenvalue weighted by atomic mass is 10.0. The van der Waals surface area contributed by atoms with Gasteiger partial charge in [-0.25, -0.2) is 0 Å². The Morgan fingerprint density at radius 2 is 2.00 bits per heavy atom. The van der Waals surface area contributed by atoms with Crippen molar-refractivity contribution in [3.05, 3.63) is 35.9 Å². The van der Waals surface area contributed by atoms with Gasteiger partial charge in [-0.1, -0.05) is 30.3 Å². The molecule has 0 heterocycles. The maximum absolute atomic E-state index is 9.23. The minimum atomic E-state index is -0.173. The second-order valence-corrected chi connectivity index (χ2v) is 5.17. The van der Waals surface area contributed by atoms with Gasteiger partial charge in [0.2, 0.25) is 0 Å². The van der Waals surface area contributed by atoms with E-state index in [-0.39, 0.29) is 6.10 Å². The van der Waals surface area contributed by atoms with Crippen molar-refractivity contribution in [3.63, 3.8) is 0 Å². The number of benzene rings is 1. The fourth-order valence-corrected chi connectivity index (χ4v) is 2.30. The third kappa shape index (κ3) is 4.14. The molecule has 1 aliphatic carbocycles. The molecule has 0 spiro atoms. The second-order valence-electron chi connectivity index (χ2n) is 5.17. The van der Waals surface area contributed by atoms with Crippen LogP contribution in [0.5, 0.6) is 0 Å². The van der Waals surface area contributed by atoms with E-state index in [4.69, 9.17) is 0 Å². The summed E-state index contributed by atoms with van der Waals surface area (Å²) >= 11 is 0. The molecule has 0 radical (unpaired) electrons. The van der Waals surface area contributed by atoms with Crippen LogP contribution in [-0.4, -0.2) is 17.8 Å². The summed E-state index contributed by atoms with van der Waals surface area (Å²) < 4.78 is 0. The third-order valence-corrected chi connectivity index (χ3v) is 3.42. The van der Waals surface area contributed by atoms with Gasteiger partial charge in [-0.2, -0.15) is 0 Å². The van der Waals surface area contributed by atoms with Crippen LogP contribution in [0.4, 0.5) is 0 Å². The molecule has 2 rings (SSSR count). The van der Waals surface area contributed by atoms with Crippen molar-refractivity contribution in [3.8, 4) is 0 Å². The smallest absolute Gasteiger partial charge is 0.0512 e. The summed E-state index contributed by atoms with van der Waals surface area (Å²) in [7, 11) is 0. The molecule has 1 aliphatic rings. The second kappa shape index (κ2) is 6.18. The molecule has 1 aromatic carbocycles. The Labute approximate surface area is 104 Å². The highest BCUT2D eigenvalue weighted by Crippen LogP contribution is 2.40. The van der Waals surface area contributed by atoms with Gasteiger partial charge in [0.05, 0.1) is 6.10 Å². The van der Waals surface area contributed by atoms with Gasteiger partial charge >= 0.3 is 0 Å². The lowest BCUT2D eigenvalue weighted by Crippen LogP contribution is -2.24. The molecule has 2 N–H and O–H groups in total. The highest BCUT2D eigenvalue weighted by atomic mass is 16.3. The highest BCUT2D eigenvalue weighted by Gasteiger charge is 2.31. The summed E-state index contributed by atoms with van der Waals surface area (Å²) in [4.78, 5) is 0. The normalized spacial score (nSPS) is 18.9. The molecule has 94 valence electrons. The molecule has 2 nitrogen and oxygen atoms in total. The molecule has 2 unspecified atom stereocenters. The van der Waals surface area contributed by atoms with Gasteiger partial charge in [-0.3, -0.25) is 0 Å². The minimum absolute atomic E-state index is 0.173. The van der Waals surface area contributed by atoms with Crippen molar-refractivity contribution in [2.24, 2.45) is 5.92 Å². The van der Waals surface area contributed by atoms with Crippen molar-refractivity contribution in [2.75, 3.05) is 6.54 Å². The standard InChI is InChI=1S/C15H23NO/c1-12(17)6-5-11-16-15(14-9-10-14)13-7-3-2-4-8-13/h2-4,7-8,12,14-17H,5-6,9-11H2,1H3. The Bertz CT molecular complexity index is 319. The van der Waals surface area contributed by atoms with E-state index in [0.29, 0.717) is 6.04 Å². The monoisotopic (exact) mass is 233 g/mol. The fraction of sp³-hybridized carbons (Fsp3) is 0.600. The fourth-order valence-electron chi connectivity index (χ4n) is 2.30. The highest BCUT2D eigenvalue weighted by molar-refractivity contribution is 5.21. The van der Waals surface area contributed by atoms with Crippen LogP contribution in [0.15, 0.2) is 30.3 Å². The van der Waals surface area contributed by atoms with E-state index in [1.807, 2.05) is 6.92 Å². The number of nitrogens with one attached hydrogen (secondary N) is 1. The number of aliphatic hydroxyl groups is 1. The Morgan fingerprint density at radius 3 is 2.59 bits per heavy atom. The van der Waals surface area contributed by atoms with Gasteiger partial charge < -0.3 is 10.4 Å². The quantitative estimate of drug-likeness (QED) is 0.710.